The number of nitrogens with zero attached hydrogens (tertiary/aromatic N) is 2. The van der Waals surface area contributed by atoms with Crippen LogP contribution in [0.15, 0.2) is 55.2 Å². The molecule has 0 unspecified atom stereocenters. The summed E-state index contributed by atoms with van der Waals surface area (Å²) in [6.45, 7) is 12.0. The quantitative estimate of drug-likeness (QED) is 0.555. The van der Waals surface area contributed by atoms with Gasteiger partial charge in [-0.25, -0.2) is 0 Å². The maximum absolute atomic E-state index is 4.39. The van der Waals surface area contributed by atoms with Crippen molar-refractivity contribution in [3.63, 3.8) is 0 Å². The molecule has 0 bridgehead atoms. The molecule has 0 atom stereocenters. The molecule has 25 heavy (non-hydrogen) atoms. The van der Waals surface area contributed by atoms with Gasteiger partial charge in [0, 0.05) is 46.6 Å². The van der Waals surface area contributed by atoms with Gasteiger partial charge in [0.15, 0.2) is 0 Å². The standard InChI is InChI=1S/C23H26N2/c1-5-6-18-7-8-20-15-25(17(4)22(20)13-18)21-9-10-23-19(14-21)11-12-24(23)16(2)3/h7-14,16H,4-6,15H2,1-3H3. The van der Waals surface area contributed by atoms with Gasteiger partial charge in [-0.15, -0.1) is 0 Å². The Kier molecular flexibility index (Phi) is 3.91. The summed E-state index contributed by atoms with van der Waals surface area (Å²) in [5.74, 6) is 0. The largest absolute Gasteiger partial charge is 0.345 e. The van der Waals surface area contributed by atoms with Crippen LogP contribution < -0.4 is 4.90 Å². The molecule has 0 saturated heterocycles. The second-order valence-corrected chi connectivity index (χ2v) is 7.33. The van der Waals surface area contributed by atoms with E-state index in [0.717, 1.165) is 18.7 Å². The number of hydrogen-bond donors (Lipinski definition) is 0. The highest BCUT2D eigenvalue weighted by molar-refractivity contribution is 5.89. The molecule has 128 valence electrons. The van der Waals surface area contributed by atoms with Crippen LogP contribution in [0.2, 0.25) is 0 Å². The van der Waals surface area contributed by atoms with E-state index < -0.39 is 0 Å². The topological polar surface area (TPSA) is 8.17 Å². The van der Waals surface area contributed by atoms with Gasteiger partial charge in [0.05, 0.1) is 0 Å². The van der Waals surface area contributed by atoms with Gasteiger partial charge in [0.25, 0.3) is 0 Å². The molecule has 0 fully saturated rings. The molecule has 2 heteroatoms. The van der Waals surface area contributed by atoms with E-state index in [2.05, 4.69) is 85.5 Å². The average molecular weight is 330 g/mol. The molecule has 3 aromatic rings. The summed E-state index contributed by atoms with van der Waals surface area (Å²) in [7, 11) is 0. The Balaban J connectivity index is 1.69. The fraction of sp³-hybridized carbons (Fsp3) is 0.304. The minimum absolute atomic E-state index is 0.478. The van der Waals surface area contributed by atoms with Gasteiger partial charge in [-0.2, -0.15) is 0 Å². The first kappa shape index (κ1) is 16.0. The fourth-order valence-corrected chi connectivity index (χ4v) is 3.90. The molecule has 4 rings (SSSR count). The van der Waals surface area contributed by atoms with Crippen molar-refractivity contribution < 1.29 is 0 Å². The van der Waals surface area contributed by atoms with Crippen LogP contribution in [0.3, 0.4) is 0 Å². The van der Waals surface area contributed by atoms with Crippen LogP contribution in [-0.4, -0.2) is 4.57 Å². The second-order valence-electron chi connectivity index (χ2n) is 7.33. The first-order chi connectivity index (χ1) is 12.1. The van der Waals surface area contributed by atoms with E-state index in [1.165, 1.54) is 39.7 Å². The molecule has 1 aromatic heterocycles. The number of aromatic nitrogens is 1. The Hall–Kier alpha value is -2.48. The monoisotopic (exact) mass is 330 g/mol. The Morgan fingerprint density at radius 1 is 1.08 bits per heavy atom. The van der Waals surface area contributed by atoms with Crippen LogP contribution in [0, 0.1) is 0 Å². The van der Waals surface area contributed by atoms with E-state index in [1.807, 2.05) is 0 Å². The lowest BCUT2D eigenvalue weighted by Crippen LogP contribution is -2.12. The molecule has 2 heterocycles. The van der Waals surface area contributed by atoms with Gasteiger partial charge in [-0.1, -0.05) is 32.1 Å². The molecule has 1 aliphatic heterocycles. The molecule has 2 aromatic carbocycles. The highest BCUT2D eigenvalue weighted by Gasteiger charge is 2.24. The van der Waals surface area contributed by atoms with Gasteiger partial charge in [-0.3, -0.25) is 0 Å². The Morgan fingerprint density at radius 2 is 1.92 bits per heavy atom. The predicted molar refractivity (Wildman–Crippen MR) is 108 cm³/mol. The Morgan fingerprint density at radius 3 is 2.68 bits per heavy atom. The smallest absolute Gasteiger partial charge is 0.0488 e. The maximum Gasteiger partial charge on any atom is 0.0488 e. The highest BCUT2D eigenvalue weighted by Crippen LogP contribution is 2.37. The zero-order chi connectivity index (χ0) is 17.6. The summed E-state index contributed by atoms with van der Waals surface area (Å²) in [4.78, 5) is 2.34. The summed E-state index contributed by atoms with van der Waals surface area (Å²) in [6.07, 6.45) is 4.50. The Labute approximate surface area is 150 Å². The van der Waals surface area contributed by atoms with Crippen LogP contribution >= 0.6 is 0 Å². The number of rotatable bonds is 4. The van der Waals surface area contributed by atoms with Crippen molar-refractivity contribution in [3.8, 4) is 0 Å². The lowest BCUT2D eigenvalue weighted by Gasteiger charge is -2.20. The van der Waals surface area contributed by atoms with Crippen molar-refractivity contribution in [2.75, 3.05) is 4.90 Å². The maximum atomic E-state index is 4.39. The van der Waals surface area contributed by atoms with Crippen LogP contribution in [0.4, 0.5) is 5.69 Å². The lowest BCUT2D eigenvalue weighted by atomic mass is 10.0. The molecule has 0 aliphatic carbocycles. The SMILES string of the molecule is C=C1c2cc(CCC)ccc2CN1c1ccc2c(ccn2C(C)C)c1. The first-order valence-corrected chi connectivity index (χ1v) is 9.27. The number of anilines is 1. The third kappa shape index (κ3) is 2.66. The van der Waals surface area contributed by atoms with Crippen molar-refractivity contribution >= 4 is 22.3 Å². The third-order valence-corrected chi connectivity index (χ3v) is 5.25. The number of fused-ring (bicyclic) bond motifs is 2. The van der Waals surface area contributed by atoms with Crippen molar-refractivity contribution in [1.29, 1.82) is 0 Å². The summed E-state index contributed by atoms with van der Waals surface area (Å²) in [5.41, 5.74) is 7.75. The number of hydrogen-bond acceptors (Lipinski definition) is 1. The van der Waals surface area contributed by atoms with E-state index in [9.17, 15) is 0 Å². The molecule has 2 nitrogen and oxygen atoms in total. The van der Waals surface area contributed by atoms with E-state index in [0.29, 0.717) is 6.04 Å². The van der Waals surface area contributed by atoms with Gasteiger partial charge >= 0.3 is 0 Å². The normalized spacial score (nSPS) is 13.9. The highest BCUT2D eigenvalue weighted by atomic mass is 15.2. The van der Waals surface area contributed by atoms with Crippen LogP contribution in [0.5, 0.6) is 0 Å². The van der Waals surface area contributed by atoms with Crippen LogP contribution in [0.1, 0.15) is 49.9 Å². The van der Waals surface area contributed by atoms with Crippen molar-refractivity contribution in [2.24, 2.45) is 0 Å². The number of aryl methyl sites for hydroxylation is 1. The molecule has 0 saturated carbocycles. The van der Waals surface area contributed by atoms with Crippen molar-refractivity contribution in [2.45, 2.75) is 46.2 Å². The first-order valence-electron chi connectivity index (χ1n) is 9.27. The molecule has 0 spiro atoms. The summed E-state index contributed by atoms with van der Waals surface area (Å²) in [5, 5.41) is 1.29. The molecular weight excluding hydrogens is 304 g/mol. The van der Waals surface area contributed by atoms with Crippen LogP contribution in [0.25, 0.3) is 16.6 Å². The lowest BCUT2D eigenvalue weighted by molar-refractivity contribution is 0.623. The van der Waals surface area contributed by atoms with Gasteiger partial charge in [0.2, 0.25) is 0 Å². The van der Waals surface area contributed by atoms with Gasteiger partial charge in [0.1, 0.15) is 0 Å². The fourth-order valence-electron chi connectivity index (χ4n) is 3.90. The van der Waals surface area contributed by atoms with Gasteiger partial charge < -0.3 is 9.47 Å². The zero-order valence-electron chi connectivity index (χ0n) is 15.4. The summed E-state index contributed by atoms with van der Waals surface area (Å²) >= 11 is 0. The summed E-state index contributed by atoms with van der Waals surface area (Å²) < 4.78 is 2.32. The molecule has 0 N–H and O–H groups in total. The minimum Gasteiger partial charge on any atom is -0.345 e. The zero-order valence-corrected chi connectivity index (χ0v) is 15.4. The Bertz CT molecular complexity index is 946. The van der Waals surface area contributed by atoms with Crippen LogP contribution in [-0.2, 0) is 13.0 Å². The van der Waals surface area contributed by atoms with Gasteiger partial charge in [-0.05, 0) is 61.7 Å². The summed E-state index contributed by atoms with van der Waals surface area (Å²) in [6, 6.07) is 16.3. The molecular formula is C23H26N2. The predicted octanol–water partition coefficient (Wildman–Crippen LogP) is 6.17. The average Bonchev–Trinajstić information content (AvgIpc) is 3.16. The van der Waals surface area contributed by atoms with E-state index in [-0.39, 0.29) is 0 Å². The molecule has 0 radical (unpaired) electrons. The van der Waals surface area contributed by atoms with Crippen molar-refractivity contribution in [3.05, 3.63) is 71.9 Å². The third-order valence-electron chi connectivity index (χ3n) is 5.25. The van der Waals surface area contributed by atoms with Crippen molar-refractivity contribution in [1.82, 2.24) is 4.57 Å². The molecule has 0 amide bonds. The number of benzene rings is 2. The molecule has 1 aliphatic rings. The van der Waals surface area contributed by atoms with E-state index in [4.69, 9.17) is 0 Å². The minimum atomic E-state index is 0.478. The second kappa shape index (κ2) is 6.11. The van der Waals surface area contributed by atoms with E-state index >= 15 is 0 Å². The van der Waals surface area contributed by atoms with E-state index in [1.54, 1.807) is 0 Å².